The lowest BCUT2D eigenvalue weighted by Crippen LogP contribution is -2.29. The number of nitrogens with two attached hydrogens (primary N) is 1. The summed E-state index contributed by atoms with van der Waals surface area (Å²) in [5.41, 5.74) is 3.63. The minimum Gasteiger partial charge on any atom is -0.507 e. The van der Waals surface area contributed by atoms with Crippen molar-refractivity contribution in [3.63, 3.8) is 0 Å². The number of hydrazine groups is 1. The molecule has 0 saturated carbocycles. The van der Waals surface area contributed by atoms with Crippen molar-refractivity contribution in [1.29, 1.82) is 0 Å². The van der Waals surface area contributed by atoms with E-state index in [1.54, 1.807) is 24.3 Å². The molecule has 5 heteroatoms. The number of benzene rings is 2. The number of rotatable bonds is 4. The van der Waals surface area contributed by atoms with Crippen LogP contribution in [0.5, 0.6) is 5.75 Å². The van der Waals surface area contributed by atoms with Crippen LogP contribution in [-0.4, -0.2) is 11.0 Å². The summed E-state index contributed by atoms with van der Waals surface area (Å²) in [6.07, 6.45) is 0. The average Bonchev–Trinajstić information content (AvgIpc) is 2.46. The predicted molar refractivity (Wildman–Crippen MR) is 75.8 cm³/mol. The molecule has 0 heterocycles. The molecule has 0 saturated heterocycles. The third-order valence-electron chi connectivity index (χ3n) is 2.58. The van der Waals surface area contributed by atoms with Crippen LogP contribution in [0.25, 0.3) is 0 Å². The molecule has 1 amide bonds. The fraction of sp³-hybridized carbons (Fsp3) is 0.0714. The summed E-state index contributed by atoms with van der Waals surface area (Å²) in [6, 6.07) is 14.4. The molecule has 98 valence electrons. The zero-order valence-corrected chi connectivity index (χ0v) is 11.0. The summed E-state index contributed by atoms with van der Waals surface area (Å²) in [6.45, 7) is 0. The summed E-state index contributed by atoms with van der Waals surface area (Å²) >= 11 is 1.52. The van der Waals surface area contributed by atoms with Crippen LogP contribution >= 0.6 is 11.8 Å². The monoisotopic (exact) mass is 274 g/mol. The van der Waals surface area contributed by atoms with E-state index in [1.165, 1.54) is 11.8 Å². The number of hydrogen-bond donors (Lipinski definition) is 3. The second-order valence-corrected chi connectivity index (χ2v) is 4.95. The third kappa shape index (κ3) is 3.49. The number of phenols is 1. The summed E-state index contributed by atoms with van der Waals surface area (Å²) in [5, 5.41) is 9.67. The molecule has 2 aromatic rings. The van der Waals surface area contributed by atoms with Crippen molar-refractivity contribution in [2.24, 2.45) is 5.84 Å². The number of aromatic hydroxyl groups is 1. The summed E-state index contributed by atoms with van der Waals surface area (Å²) in [7, 11) is 0. The maximum Gasteiger partial charge on any atom is 0.265 e. The van der Waals surface area contributed by atoms with Crippen LogP contribution in [0.3, 0.4) is 0 Å². The zero-order chi connectivity index (χ0) is 13.7. The zero-order valence-electron chi connectivity index (χ0n) is 10.2. The molecule has 19 heavy (non-hydrogen) atoms. The smallest absolute Gasteiger partial charge is 0.265 e. The first-order valence-electron chi connectivity index (χ1n) is 5.71. The van der Waals surface area contributed by atoms with Gasteiger partial charge in [-0.05, 0) is 29.8 Å². The van der Waals surface area contributed by atoms with Gasteiger partial charge >= 0.3 is 0 Å². The molecule has 0 aliphatic rings. The Balaban J connectivity index is 2.08. The van der Waals surface area contributed by atoms with Crippen molar-refractivity contribution in [3.05, 3.63) is 59.7 Å². The maximum absolute atomic E-state index is 11.4. The fourth-order valence-electron chi connectivity index (χ4n) is 1.63. The summed E-state index contributed by atoms with van der Waals surface area (Å²) in [4.78, 5) is 12.2. The molecule has 0 aromatic heterocycles. The van der Waals surface area contributed by atoms with Gasteiger partial charge in [-0.3, -0.25) is 10.2 Å². The SMILES string of the molecule is NNC(=O)c1cccc(CSc2ccccc2O)c1. The Kier molecular flexibility index (Phi) is 4.43. The second-order valence-electron chi connectivity index (χ2n) is 3.93. The Morgan fingerprint density at radius 3 is 2.74 bits per heavy atom. The molecular formula is C14H14N2O2S. The Morgan fingerprint density at radius 2 is 2.00 bits per heavy atom. The average molecular weight is 274 g/mol. The van der Waals surface area contributed by atoms with Crippen LogP contribution in [0.4, 0.5) is 0 Å². The molecule has 4 N–H and O–H groups in total. The lowest BCUT2D eigenvalue weighted by molar-refractivity contribution is 0.0953. The van der Waals surface area contributed by atoms with Gasteiger partial charge in [-0.25, -0.2) is 5.84 Å². The van der Waals surface area contributed by atoms with Gasteiger partial charge in [-0.15, -0.1) is 11.8 Å². The molecule has 0 aliphatic carbocycles. The third-order valence-corrected chi connectivity index (χ3v) is 3.71. The Labute approximate surface area is 115 Å². The predicted octanol–water partition coefficient (Wildman–Crippen LogP) is 2.29. The second kappa shape index (κ2) is 6.26. The van der Waals surface area contributed by atoms with Crippen molar-refractivity contribution in [1.82, 2.24) is 5.43 Å². The van der Waals surface area contributed by atoms with Crippen molar-refractivity contribution < 1.29 is 9.90 Å². The van der Waals surface area contributed by atoms with Gasteiger partial charge in [0.25, 0.3) is 5.91 Å². The maximum atomic E-state index is 11.4. The van der Waals surface area contributed by atoms with E-state index in [4.69, 9.17) is 5.84 Å². The van der Waals surface area contributed by atoms with E-state index in [0.29, 0.717) is 11.3 Å². The minimum absolute atomic E-state index is 0.267. The highest BCUT2D eigenvalue weighted by Crippen LogP contribution is 2.30. The first-order chi connectivity index (χ1) is 9.20. The minimum atomic E-state index is -0.311. The van der Waals surface area contributed by atoms with Gasteiger partial charge in [0.2, 0.25) is 0 Å². The van der Waals surface area contributed by atoms with Crippen molar-refractivity contribution >= 4 is 17.7 Å². The number of phenolic OH excluding ortho intramolecular Hbond substituents is 1. The fourth-order valence-corrected chi connectivity index (χ4v) is 2.52. The van der Waals surface area contributed by atoms with Crippen LogP contribution in [0.2, 0.25) is 0 Å². The molecule has 0 aliphatic heterocycles. The number of carbonyl (C=O) groups excluding carboxylic acids is 1. The van der Waals surface area contributed by atoms with Gasteiger partial charge in [-0.1, -0.05) is 24.3 Å². The number of thioether (sulfide) groups is 1. The molecule has 0 unspecified atom stereocenters. The molecule has 0 fully saturated rings. The van der Waals surface area contributed by atoms with Crippen LogP contribution in [0.15, 0.2) is 53.4 Å². The molecule has 0 bridgehead atoms. The van der Waals surface area contributed by atoms with Gasteiger partial charge in [0.15, 0.2) is 0 Å². The topological polar surface area (TPSA) is 75.3 Å². The number of amides is 1. The first-order valence-corrected chi connectivity index (χ1v) is 6.70. The number of carbonyl (C=O) groups is 1. The van der Waals surface area contributed by atoms with E-state index in [2.05, 4.69) is 5.43 Å². The van der Waals surface area contributed by atoms with Gasteiger partial charge in [-0.2, -0.15) is 0 Å². The normalized spacial score (nSPS) is 10.2. The highest BCUT2D eigenvalue weighted by atomic mass is 32.2. The van der Waals surface area contributed by atoms with E-state index in [0.717, 1.165) is 10.5 Å². The molecule has 0 atom stereocenters. The first kappa shape index (κ1) is 13.5. The Morgan fingerprint density at radius 1 is 1.21 bits per heavy atom. The molecular weight excluding hydrogens is 260 g/mol. The molecule has 2 aromatic carbocycles. The molecule has 0 radical (unpaired) electrons. The van der Waals surface area contributed by atoms with Crippen LogP contribution in [0, 0.1) is 0 Å². The largest absolute Gasteiger partial charge is 0.507 e. The van der Waals surface area contributed by atoms with Gasteiger partial charge in [0, 0.05) is 16.2 Å². The van der Waals surface area contributed by atoms with Gasteiger partial charge in [0.05, 0.1) is 0 Å². The highest BCUT2D eigenvalue weighted by molar-refractivity contribution is 7.98. The number of hydrogen-bond acceptors (Lipinski definition) is 4. The van der Waals surface area contributed by atoms with E-state index >= 15 is 0 Å². The summed E-state index contributed by atoms with van der Waals surface area (Å²) in [5.74, 6) is 5.73. The molecule has 2 rings (SSSR count). The van der Waals surface area contributed by atoms with Crippen molar-refractivity contribution in [2.45, 2.75) is 10.6 Å². The van der Waals surface area contributed by atoms with E-state index in [-0.39, 0.29) is 11.7 Å². The molecule has 0 spiro atoms. The summed E-state index contributed by atoms with van der Waals surface area (Å²) < 4.78 is 0. The van der Waals surface area contributed by atoms with Crippen LogP contribution in [-0.2, 0) is 5.75 Å². The van der Waals surface area contributed by atoms with Crippen molar-refractivity contribution in [3.8, 4) is 5.75 Å². The number of nitrogen functional groups attached to an aromatic ring is 1. The Hall–Kier alpha value is -1.98. The van der Waals surface area contributed by atoms with E-state index in [1.807, 2.05) is 24.3 Å². The lowest BCUT2D eigenvalue weighted by Gasteiger charge is -2.06. The standard InChI is InChI=1S/C14H14N2O2S/c15-16-14(18)11-5-3-4-10(8-11)9-19-13-7-2-1-6-12(13)17/h1-8,17H,9,15H2,(H,16,18). The van der Waals surface area contributed by atoms with Crippen molar-refractivity contribution in [2.75, 3.05) is 0 Å². The highest BCUT2D eigenvalue weighted by Gasteiger charge is 2.05. The van der Waals surface area contributed by atoms with Crippen LogP contribution < -0.4 is 11.3 Å². The molecule has 4 nitrogen and oxygen atoms in total. The van der Waals surface area contributed by atoms with Crippen LogP contribution in [0.1, 0.15) is 15.9 Å². The number of para-hydroxylation sites is 1. The van der Waals surface area contributed by atoms with E-state index in [9.17, 15) is 9.90 Å². The quantitative estimate of drug-likeness (QED) is 0.346. The van der Waals surface area contributed by atoms with Gasteiger partial charge in [0.1, 0.15) is 5.75 Å². The van der Waals surface area contributed by atoms with Gasteiger partial charge < -0.3 is 5.11 Å². The Bertz CT molecular complexity index is 587. The lowest BCUT2D eigenvalue weighted by atomic mass is 10.1. The van der Waals surface area contributed by atoms with E-state index < -0.39 is 0 Å². The number of nitrogens with one attached hydrogen (secondary N) is 1.